The number of hydrogen-bond acceptors (Lipinski definition) is 5. The molecule has 0 amide bonds. The second kappa shape index (κ2) is 4.22. The standard InChI is InChI=1S/C11H13N5/c1-7-8(2)11(12-3)16-15-10(7)9-6-13-4-5-14-9/h4-6H,1-3H3,(H,12,16). The summed E-state index contributed by atoms with van der Waals surface area (Å²) in [6.45, 7) is 4.02. The van der Waals surface area contributed by atoms with Gasteiger partial charge in [-0.25, -0.2) is 0 Å². The molecular formula is C11H13N5. The monoisotopic (exact) mass is 215 g/mol. The van der Waals surface area contributed by atoms with Crippen molar-refractivity contribution in [1.29, 1.82) is 0 Å². The van der Waals surface area contributed by atoms with E-state index in [-0.39, 0.29) is 0 Å². The van der Waals surface area contributed by atoms with Crippen LogP contribution in [-0.4, -0.2) is 27.2 Å². The van der Waals surface area contributed by atoms with Gasteiger partial charge in [0.05, 0.1) is 6.20 Å². The maximum Gasteiger partial charge on any atom is 0.151 e. The number of rotatable bonds is 2. The summed E-state index contributed by atoms with van der Waals surface area (Å²) in [5.74, 6) is 0.796. The van der Waals surface area contributed by atoms with E-state index in [1.54, 1.807) is 18.6 Å². The third kappa shape index (κ3) is 1.71. The van der Waals surface area contributed by atoms with Crippen LogP contribution in [0.4, 0.5) is 5.82 Å². The van der Waals surface area contributed by atoms with E-state index >= 15 is 0 Å². The van der Waals surface area contributed by atoms with Crippen LogP contribution in [-0.2, 0) is 0 Å². The lowest BCUT2D eigenvalue weighted by atomic mass is 10.1. The predicted octanol–water partition coefficient (Wildman–Crippen LogP) is 1.59. The van der Waals surface area contributed by atoms with Gasteiger partial charge in [-0.3, -0.25) is 9.97 Å². The van der Waals surface area contributed by atoms with Crippen molar-refractivity contribution in [3.8, 4) is 11.4 Å². The Morgan fingerprint density at radius 1 is 1.06 bits per heavy atom. The molecule has 0 aliphatic carbocycles. The molecule has 16 heavy (non-hydrogen) atoms. The van der Waals surface area contributed by atoms with Crippen LogP contribution in [0.3, 0.4) is 0 Å². The molecule has 0 aliphatic heterocycles. The van der Waals surface area contributed by atoms with Crippen LogP contribution in [0.2, 0.25) is 0 Å². The van der Waals surface area contributed by atoms with Gasteiger partial charge in [-0.1, -0.05) is 0 Å². The van der Waals surface area contributed by atoms with E-state index < -0.39 is 0 Å². The fourth-order valence-corrected chi connectivity index (χ4v) is 1.51. The van der Waals surface area contributed by atoms with Crippen molar-refractivity contribution in [3.63, 3.8) is 0 Å². The highest BCUT2D eigenvalue weighted by molar-refractivity contribution is 5.62. The number of nitrogens with zero attached hydrogens (tertiary/aromatic N) is 4. The maximum absolute atomic E-state index is 4.22. The molecule has 0 spiro atoms. The average Bonchev–Trinajstić information content (AvgIpc) is 2.34. The molecule has 0 bridgehead atoms. The van der Waals surface area contributed by atoms with E-state index in [1.165, 1.54) is 0 Å². The van der Waals surface area contributed by atoms with Crippen molar-refractivity contribution in [2.75, 3.05) is 12.4 Å². The second-order valence-electron chi connectivity index (χ2n) is 3.49. The Labute approximate surface area is 94.0 Å². The molecule has 0 unspecified atom stereocenters. The van der Waals surface area contributed by atoms with Gasteiger partial charge in [0.1, 0.15) is 11.4 Å². The molecule has 5 nitrogen and oxygen atoms in total. The van der Waals surface area contributed by atoms with Crippen LogP contribution in [0.5, 0.6) is 0 Å². The van der Waals surface area contributed by atoms with E-state index in [1.807, 2.05) is 20.9 Å². The lowest BCUT2D eigenvalue weighted by molar-refractivity contribution is 0.992. The van der Waals surface area contributed by atoms with E-state index in [0.29, 0.717) is 0 Å². The quantitative estimate of drug-likeness (QED) is 0.824. The predicted molar refractivity (Wildman–Crippen MR) is 62.1 cm³/mol. The Morgan fingerprint density at radius 2 is 1.88 bits per heavy atom. The molecule has 2 heterocycles. The largest absolute Gasteiger partial charge is 0.371 e. The van der Waals surface area contributed by atoms with Crippen molar-refractivity contribution >= 4 is 5.82 Å². The van der Waals surface area contributed by atoms with Gasteiger partial charge in [-0.05, 0) is 25.0 Å². The fraction of sp³-hybridized carbons (Fsp3) is 0.273. The van der Waals surface area contributed by atoms with Gasteiger partial charge in [-0.15, -0.1) is 10.2 Å². The average molecular weight is 215 g/mol. The first-order valence-corrected chi connectivity index (χ1v) is 5.02. The smallest absolute Gasteiger partial charge is 0.151 e. The van der Waals surface area contributed by atoms with Crippen molar-refractivity contribution in [2.45, 2.75) is 13.8 Å². The van der Waals surface area contributed by atoms with Crippen LogP contribution in [0.15, 0.2) is 18.6 Å². The molecule has 0 aliphatic rings. The van der Waals surface area contributed by atoms with Crippen LogP contribution < -0.4 is 5.32 Å². The van der Waals surface area contributed by atoms with Gasteiger partial charge in [0.15, 0.2) is 5.82 Å². The fourth-order valence-electron chi connectivity index (χ4n) is 1.51. The molecule has 2 aromatic rings. The molecule has 1 N–H and O–H groups in total. The van der Waals surface area contributed by atoms with E-state index in [2.05, 4.69) is 25.5 Å². The lowest BCUT2D eigenvalue weighted by Gasteiger charge is -2.09. The molecule has 5 heteroatoms. The summed E-state index contributed by atoms with van der Waals surface area (Å²) in [5, 5.41) is 11.3. The number of aromatic nitrogens is 4. The topological polar surface area (TPSA) is 63.6 Å². The summed E-state index contributed by atoms with van der Waals surface area (Å²) < 4.78 is 0. The summed E-state index contributed by atoms with van der Waals surface area (Å²) in [6.07, 6.45) is 4.98. The Morgan fingerprint density at radius 3 is 2.50 bits per heavy atom. The van der Waals surface area contributed by atoms with Crippen molar-refractivity contribution < 1.29 is 0 Å². The maximum atomic E-state index is 4.22. The Bertz CT molecular complexity index is 495. The highest BCUT2D eigenvalue weighted by Crippen LogP contribution is 2.23. The van der Waals surface area contributed by atoms with Crippen molar-refractivity contribution in [3.05, 3.63) is 29.7 Å². The van der Waals surface area contributed by atoms with Gasteiger partial charge in [0, 0.05) is 19.4 Å². The number of anilines is 1. The third-order valence-corrected chi connectivity index (χ3v) is 2.57. The Kier molecular flexibility index (Phi) is 2.76. The molecule has 82 valence electrons. The van der Waals surface area contributed by atoms with E-state index in [9.17, 15) is 0 Å². The highest BCUT2D eigenvalue weighted by atomic mass is 15.2. The molecule has 0 radical (unpaired) electrons. The molecule has 0 atom stereocenters. The van der Waals surface area contributed by atoms with E-state index in [0.717, 1.165) is 28.3 Å². The summed E-state index contributed by atoms with van der Waals surface area (Å²) in [7, 11) is 1.83. The zero-order valence-electron chi connectivity index (χ0n) is 9.52. The minimum Gasteiger partial charge on any atom is -0.371 e. The first-order chi connectivity index (χ1) is 7.74. The first-order valence-electron chi connectivity index (χ1n) is 5.02. The van der Waals surface area contributed by atoms with Crippen LogP contribution in [0.25, 0.3) is 11.4 Å². The second-order valence-corrected chi connectivity index (χ2v) is 3.49. The number of hydrogen-bond donors (Lipinski definition) is 1. The van der Waals surface area contributed by atoms with Crippen molar-refractivity contribution in [1.82, 2.24) is 20.2 Å². The Balaban J connectivity index is 2.56. The summed E-state index contributed by atoms with van der Waals surface area (Å²) in [5.41, 5.74) is 3.68. The van der Waals surface area contributed by atoms with Crippen molar-refractivity contribution in [2.24, 2.45) is 0 Å². The summed E-state index contributed by atoms with van der Waals surface area (Å²) in [6, 6.07) is 0. The first kappa shape index (κ1) is 10.5. The zero-order chi connectivity index (χ0) is 11.5. The minimum absolute atomic E-state index is 0.748. The van der Waals surface area contributed by atoms with Gasteiger partial charge in [-0.2, -0.15) is 0 Å². The zero-order valence-corrected chi connectivity index (χ0v) is 9.52. The Hall–Kier alpha value is -2.04. The van der Waals surface area contributed by atoms with Gasteiger partial charge >= 0.3 is 0 Å². The third-order valence-electron chi connectivity index (χ3n) is 2.57. The van der Waals surface area contributed by atoms with Gasteiger partial charge < -0.3 is 5.32 Å². The summed E-state index contributed by atoms with van der Waals surface area (Å²) in [4.78, 5) is 8.25. The highest BCUT2D eigenvalue weighted by Gasteiger charge is 2.11. The molecule has 0 saturated heterocycles. The van der Waals surface area contributed by atoms with Crippen LogP contribution >= 0.6 is 0 Å². The molecule has 0 aromatic carbocycles. The van der Waals surface area contributed by atoms with E-state index in [4.69, 9.17) is 0 Å². The minimum atomic E-state index is 0.748. The molecule has 2 rings (SSSR count). The SMILES string of the molecule is CNc1nnc(-c2cnccn2)c(C)c1C. The number of nitrogens with one attached hydrogen (secondary N) is 1. The van der Waals surface area contributed by atoms with Gasteiger partial charge in [0.25, 0.3) is 0 Å². The molecule has 2 aromatic heterocycles. The van der Waals surface area contributed by atoms with Crippen LogP contribution in [0.1, 0.15) is 11.1 Å². The lowest BCUT2D eigenvalue weighted by Crippen LogP contribution is -2.03. The molecule has 0 fully saturated rings. The normalized spacial score (nSPS) is 10.2. The van der Waals surface area contributed by atoms with Crippen LogP contribution in [0, 0.1) is 13.8 Å². The molecular weight excluding hydrogens is 202 g/mol. The molecule has 0 saturated carbocycles. The summed E-state index contributed by atoms with van der Waals surface area (Å²) >= 11 is 0. The van der Waals surface area contributed by atoms with Gasteiger partial charge in [0.2, 0.25) is 0 Å².